The predicted octanol–water partition coefficient (Wildman–Crippen LogP) is 1.71. The van der Waals surface area contributed by atoms with Gasteiger partial charge in [0.2, 0.25) is 10.0 Å². The highest BCUT2D eigenvalue weighted by Gasteiger charge is 2.35. The standard InChI is InChI=1S/C13H26N2O2S/c14-9-4-10-15(13-5-2-1-3-6-13)18(16,17)11-12-7-8-12/h12-13H,1-11,14H2. The van der Waals surface area contributed by atoms with Gasteiger partial charge in [-0.15, -0.1) is 0 Å². The Morgan fingerprint density at radius 1 is 1.06 bits per heavy atom. The van der Waals surface area contributed by atoms with Crippen molar-refractivity contribution in [1.82, 2.24) is 4.31 Å². The number of nitrogens with zero attached hydrogens (tertiary/aromatic N) is 1. The molecule has 2 fully saturated rings. The van der Waals surface area contributed by atoms with E-state index in [1.165, 1.54) is 19.3 Å². The molecule has 0 aromatic rings. The second kappa shape index (κ2) is 6.35. The quantitative estimate of drug-likeness (QED) is 0.768. The van der Waals surface area contributed by atoms with Crippen LogP contribution in [0.3, 0.4) is 0 Å². The maximum absolute atomic E-state index is 12.5. The Morgan fingerprint density at radius 2 is 1.72 bits per heavy atom. The molecule has 5 heteroatoms. The van der Waals surface area contributed by atoms with Gasteiger partial charge in [0, 0.05) is 12.6 Å². The van der Waals surface area contributed by atoms with Crippen molar-refractivity contribution in [3.8, 4) is 0 Å². The maximum Gasteiger partial charge on any atom is 0.214 e. The maximum atomic E-state index is 12.5. The molecule has 0 saturated heterocycles. The molecule has 0 aromatic carbocycles. The summed E-state index contributed by atoms with van der Waals surface area (Å²) < 4.78 is 26.7. The summed E-state index contributed by atoms with van der Waals surface area (Å²) in [4.78, 5) is 0. The molecule has 2 saturated carbocycles. The zero-order valence-electron chi connectivity index (χ0n) is 11.2. The third-order valence-corrected chi connectivity index (χ3v) is 6.15. The Hall–Kier alpha value is -0.130. The largest absolute Gasteiger partial charge is 0.330 e. The van der Waals surface area contributed by atoms with Gasteiger partial charge in [0.05, 0.1) is 5.75 Å². The summed E-state index contributed by atoms with van der Waals surface area (Å²) in [5.41, 5.74) is 5.54. The Morgan fingerprint density at radius 3 is 2.28 bits per heavy atom. The van der Waals surface area contributed by atoms with Crippen LogP contribution in [0.5, 0.6) is 0 Å². The second-order valence-corrected chi connectivity index (χ2v) is 7.73. The van der Waals surface area contributed by atoms with E-state index in [1.807, 2.05) is 0 Å². The molecule has 2 aliphatic carbocycles. The van der Waals surface area contributed by atoms with E-state index in [0.29, 0.717) is 24.8 Å². The molecule has 0 amide bonds. The fraction of sp³-hybridized carbons (Fsp3) is 1.00. The molecule has 0 aromatic heterocycles. The molecule has 0 unspecified atom stereocenters. The molecular weight excluding hydrogens is 248 g/mol. The minimum atomic E-state index is -3.05. The fourth-order valence-electron chi connectivity index (χ4n) is 2.84. The van der Waals surface area contributed by atoms with Crippen molar-refractivity contribution < 1.29 is 8.42 Å². The number of sulfonamides is 1. The number of hydrogen-bond donors (Lipinski definition) is 1. The summed E-state index contributed by atoms with van der Waals surface area (Å²) in [7, 11) is -3.05. The smallest absolute Gasteiger partial charge is 0.214 e. The SMILES string of the molecule is NCCCN(C1CCCCC1)S(=O)(=O)CC1CC1. The monoisotopic (exact) mass is 274 g/mol. The predicted molar refractivity (Wildman–Crippen MR) is 73.8 cm³/mol. The van der Waals surface area contributed by atoms with Crippen molar-refractivity contribution in [3.63, 3.8) is 0 Å². The van der Waals surface area contributed by atoms with Gasteiger partial charge in [0.25, 0.3) is 0 Å². The summed E-state index contributed by atoms with van der Waals surface area (Å²) >= 11 is 0. The highest BCUT2D eigenvalue weighted by Crippen LogP contribution is 2.33. The highest BCUT2D eigenvalue weighted by atomic mass is 32.2. The van der Waals surface area contributed by atoms with Crippen LogP contribution in [0.4, 0.5) is 0 Å². The Bertz CT molecular complexity index is 346. The van der Waals surface area contributed by atoms with Crippen molar-refractivity contribution in [2.75, 3.05) is 18.8 Å². The Kier molecular flexibility index (Phi) is 5.04. The third-order valence-electron chi connectivity index (χ3n) is 4.07. The molecule has 2 N–H and O–H groups in total. The lowest BCUT2D eigenvalue weighted by atomic mass is 9.95. The second-order valence-electron chi connectivity index (χ2n) is 5.77. The zero-order valence-corrected chi connectivity index (χ0v) is 12.0. The summed E-state index contributed by atoms with van der Waals surface area (Å²) in [6, 6.07) is 0.244. The van der Waals surface area contributed by atoms with Gasteiger partial charge >= 0.3 is 0 Å². The average molecular weight is 274 g/mol. The molecule has 2 rings (SSSR count). The lowest BCUT2D eigenvalue weighted by Crippen LogP contribution is -2.43. The number of hydrogen-bond acceptors (Lipinski definition) is 3. The van der Waals surface area contributed by atoms with Gasteiger partial charge in [-0.05, 0) is 44.6 Å². The van der Waals surface area contributed by atoms with Crippen LogP contribution in [0.1, 0.15) is 51.4 Å². The van der Waals surface area contributed by atoms with Gasteiger partial charge in [0.1, 0.15) is 0 Å². The van der Waals surface area contributed by atoms with Gasteiger partial charge in [0.15, 0.2) is 0 Å². The van der Waals surface area contributed by atoms with E-state index in [1.54, 1.807) is 4.31 Å². The van der Waals surface area contributed by atoms with Gasteiger partial charge < -0.3 is 5.73 Å². The first-order valence-electron chi connectivity index (χ1n) is 7.33. The molecule has 4 nitrogen and oxygen atoms in total. The molecule has 0 radical (unpaired) electrons. The molecular formula is C13H26N2O2S. The minimum absolute atomic E-state index is 0.244. The van der Waals surface area contributed by atoms with Crippen LogP contribution in [0.2, 0.25) is 0 Å². The average Bonchev–Trinajstić information content (AvgIpc) is 3.14. The third kappa shape index (κ3) is 3.93. The van der Waals surface area contributed by atoms with E-state index in [9.17, 15) is 8.42 Å². The summed E-state index contributed by atoms with van der Waals surface area (Å²) in [6.45, 7) is 1.19. The Labute approximate surface area is 111 Å². The lowest BCUT2D eigenvalue weighted by Gasteiger charge is -2.33. The molecule has 18 heavy (non-hydrogen) atoms. The normalized spacial score (nSPS) is 22.6. The van der Waals surface area contributed by atoms with Crippen LogP contribution in [0, 0.1) is 5.92 Å². The lowest BCUT2D eigenvalue weighted by molar-refractivity contribution is 0.251. The van der Waals surface area contributed by atoms with Crippen LogP contribution >= 0.6 is 0 Å². The Balaban J connectivity index is 2.01. The van der Waals surface area contributed by atoms with Crippen molar-refractivity contribution >= 4 is 10.0 Å². The van der Waals surface area contributed by atoms with E-state index in [4.69, 9.17) is 5.73 Å². The molecule has 0 bridgehead atoms. The van der Waals surface area contributed by atoms with Gasteiger partial charge in [-0.3, -0.25) is 0 Å². The molecule has 2 aliphatic rings. The molecule has 106 valence electrons. The fourth-order valence-corrected chi connectivity index (χ4v) is 5.04. The van der Waals surface area contributed by atoms with E-state index >= 15 is 0 Å². The number of rotatable bonds is 7. The van der Waals surface area contributed by atoms with Crippen molar-refractivity contribution in [2.45, 2.75) is 57.4 Å². The highest BCUT2D eigenvalue weighted by molar-refractivity contribution is 7.89. The number of nitrogens with two attached hydrogens (primary N) is 1. The molecule has 0 atom stereocenters. The van der Waals surface area contributed by atoms with Crippen molar-refractivity contribution in [2.24, 2.45) is 11.7 Å². The van der Waals surface area contributed by atoms with Gasteiger partial charge in [-0.1, -0.05) is 19.3 Å². The first-order valence-corrected chi connectivity index (χ1v) is 8.94. The molecule has 0 heterocycles. The summed E-state index contributed by atoms with van der Waals surface area (Å²) in [5, 5.41) is 0. The van der Waals surface area contributed by atoms with Gasteiger partial charge in [-0.2, -0.15) is 4.31 Å². The van der Waals surface area contributed by atoms with Gasteiger partial charge in [-0.25, -0.2) is 8.42 Å². The minimum Gasteiger partial charge on any atom is -0.330 e. The van der Waals surface area contributed by atoms with Crippen molar-refractivity contribution in [1.29, 1.82) is 0 Å². The van der Waals surface area contributed by atoms with Crippen molar-refractivity contribution in [3.05, 3.63) is 0 Å². The van der Waals surface area contributed by atoms with E-state index in [-0.39, 0.29) is 6.04 Å². The van der Waals surface area contributed by atoms with Crippen LogP contribution in [-0.2, 0) is 10.0 Å². The van der Waals surface area contributed by atoms with E-state index in [2.05, 4.69) is 0 Å². The van der Waals surface area contributed by atoms with Crippen LogP contribution in [-0.4, -0.2) is 37.6 Å². The molecule has 0 aliphatic heterocycles. The first kappa shape index (κ1) is 14.3. The summed E-state index contributed by atoms with van der Waals surface area (Å²) in [6.07, 6.45) is 8.63. The first-order chi connectivity index (χ1) is 8.63. The van der Waals surface area contributed by atoms with Crippen LogP contribution in [0.15, 0.2) is 0 Å². The zero-order chi connectivity index (χ0) is 13.0. The molecule has 0 spiro atoms. The van der Waals surface area contributed by atoms with Crippen LogP contribution < -0.4 is 5.73 Å². The van der Waals surface area contributed by atoms with E-state index < -0.39 is 10.0 Å². The summed E-state index contributed by atoms with van der Waals surface area (Å²) in [5.74, 6) is 0.799. The van der Waals surface area contributed by atoms with E-state index in [0.717, 1.165) is 32.1 Å². The topological polar surface area (TPSA) is 63.4 Å². The van der Waals surface area contributed by atoms with Crippen LogP contribution in [0.25, 0.3) is 0 Å².